The van der Waals surface area contributed by atoms with Gasteiger partial charge >= 0.3 is 0 Å². The summed E-state index contributed by atoms with van der Waals surface area (Å²) in [6, 6.07) is 8.16. The quantitative estimate of drug-likeness (QED) is 0.583. The average Bonchev–Trinajstić information content (AvgIpc) is 2.69. The van der Waals surface area contributed by atoms with Gasteiger partial charge in [-0.15, -0.1) is 0 Å². The van der Waals surface area contributed by atoms with E-state index in [1.807, 2.05) is 32.9 Å². The number of hydrogen-bond donors (Lipinski definition) is 2. The highest BCUT2D eigenvalue weighted by molar-refractivity contribution is 5.84. The Kier molecular flexibility index (Phi) is 7.33. The lowest BCUT2D eigenvalue weighted by atomic mass is 9.92. The van der Waals surface area contributed by atoms with Crippen molar-refractivity contribution in [2.45, 2.75) is 20.8 Å². The Morgan fingerprint density at radius 3 is 2.52 bits per heavy atom. The number of benzene rings is 1. The van der Waals surface area contributed by atoms with Gasteiger partial charge in [-0.25, -0.2) is 0 Å². The number of guanidine groups is 1. The summed E-state index contributed by atoms with van der Waals surface area (Å²) in [6.07, 6.45) is 0. The van der Waals surface area contributed by atoms with E-state index < -0.39 is 5.41 Å². The van der Waals surface area contributed by atoms with Gasteiger partial charge in [-0.05, 0) is 32.9 Å². The zero-order valence-electron chi connectivity index (χ0n) is 17.2. The van der Waals surface area contributed by atoms with Crippen LogP contribution in [-0.4, -0.2) is 70.2 Å². The Balaban J connectivity index is 1.90. The van der Waals surface area contributed by atoms with Crippen molar-refractivity contribution in [3.05, 3.63) is 24.3 Å². The number of rotatable bonds is 6. The van der Waals surface area contributed by atoms with Gasteiger partial charge in [-0.2, -0.15) is 0 Å². The third-order valence-electron chi connectivity index (χ3n) is 4.85. The zero-order chi connectivity index (χ0) is 19.9. The molecule has 1 amide bonds. The Morgan fingerprint density at radius 1 is 1.22 bits per heavy atom. The van der Waals surface area contributed by atoms with E-state index in [0.29, 0.717) is 13.1 Å². The second-order valence-electron chi connectivity index (χ2n) is 7.32. The van der Waals surface area contributed by atoms with E-state index in [2.05, 4.69) is 37.6 Å². The van der Waals surface area contributed by atoms with Crippen LogP contribution in [0.3, 0.4) is 0 Å². The molecule has 0 spiro atoms. The minimum Gasteiger partial charge on any atom is -0.497 e. The molecule has 1 aliphatic heterocycles. The third kappa shape index (κ3) is 5.52. The van der Waals surface area contributed by atoms with Crippen LogP contribution in [0.2, 0.25) is 0 Å². The number of ether oxygens (including phenoxy) is 1. The number of anilines is 1. The van der Waals surface area contributed by atoms with Gasteiger partial charge in [-0.1, -0.05) is 6.07 Å². The standard InChI is InChI=1S/C20H33N5O2/c1-6-22-18(26)20(2,3)15-23-19(21-4)25-12-10-24(11-13-25)16-8-7-9-17(14-16)27-5/h7-9,14H,6,10-13,15H2,1-5H3,(H,21,23)(H,22,26). The molecule has 0 aliphatic carbocycles. The molecular weight excluding hydrogens is 342 g/mol. The molecule has 2 N–H and O–H groups in total. The first-order valence-electron chi connectivity index (χ1n) is 9.54. The van der Waals surface area contributed by atoms with Crippen LogP contribution in [-0.2, 0) is 4.79 Å². The fraction of sp³-hybridized carbons (Fsp3) is 0.600. The van der Waals surface area contributed by atoms with E-state index in [1.165, 1.54) is 5.69 Å². The molecule has 1 aromatic carbocycles. The molecule has 0 saturated carbocycles. The molecule has 0 aromatic heterocycles. The van der Waals surface area contributed by atoms with E-state index >= 15 is 0 Å². The van der Waals surface area contributed by atoms with E-state index in [1.54, 1.807) is 14.2 Å². The normalized spacial score (nSPS) is 15.5. The fourth-order valence-electron chi connectivity index (χ4n) is 3.10. The summed E-state index contributed by atoms with van der Waals surface area (Å²) in [5.41, 5.74) is 0.684. The minimum absolute atomic E-state index is 0.0517. The van der Waals surface area contributed by atoms with Crippen LogP contribution in [0.15, 0.2) is 29.3 Å². The van der Waals surface area contributed by atoms with Gasteiger partial charge in [0.05, 0.1) is 12.5 Å². The number of hydrogen-bond acceptors (Lipinski definition) is 4. The molecule has 7 heteroatoms. The van der Waals surface area contributed by atoms with Crippen molar-refractivity contribution in [3.8, 4) is 5.75 Å². The number of piperazine rings is 1. The van der Waals surface area contributed by atoms with Crippen molar-refractivity contribution in [3.63, 3.8) is 0 Å². The molecule has 0 bridgehead atoms. The van der Waals surface area contributed by atoms with E-state index in [4.69, 9.17) is 4.74 Å². The molecule has 1 saturated heterocycles. The van der Waals surface area contributed by atoms with Crippen LogP contribution in [0.1, 0.15) is 20.8 Å². The van der Waals surface area contributed by atoms with Crippen molar-refractivity contribution in [1.82, 2.24) is 15.5 Å². The maximum atomic E-state index is 12.2. The van der Waals surface area contributed by atoms with Gasteiger partial charge < -0.3 is 25.2 Å². The Hall–Kier alpha value is -2.44. The second-order valence-corrected chi connectivity index (χ2v) is 7.32. The maximum Gasteiger partial charge on any atom is 0.227 e. The van der Waals surface area contributed by atoms with Crippen LogP contribution in [0.4, 0.5) is 5.69 Å². The van der Waals surface area contributed by atoms with Crippen molar-refractivity contribution in [2.75, 3.05) is 58.3 Å². The molecule has 1 aliphatic rings. The number of carbonyl (C=O) groups excluding carboxylic acids is 1. The molecule has 0 atom stereocenters. The van der Waals surface area contributed by atoms with E-state index in [9.17, 15) is 4.79 Å². The first kappa shape index (κ1) is 20.9. The molecule has 0 radical (unpaired) electrons. The lowest BCUT2D eigenvalue weighted by Gasteiger charge is -2.38. The monoisotopic (exact) mass is 375 g/mol. The first-order valence-corrected chi connectivity index (χ1v) is 9.54. The van der Waals surface area contributed by atoms with Crippen LogP contribution in [0, 0.1) is 5.41 Å². The van der Waals surface area contributed by atoms with Gasteiger partial charge in [0.1, 0.15) is 5.75 Å². The highest BCUT2D eigenvalue weighted by Crippen LogP contribution is 2.22. The third-order valence-corrected chi connectivity index (χ3v) is 4.85. The summed E-state index contributed by atoms with van der Waals surface area (Å²) in [5.74, 6) is 1.77. The summed E-state index contributed by atoms with van der Waals surface area (Å²) in [6.45, 7) is 10.6. The summed E-state index contributed by atoms with van der Waals surface area (Å²) in [4.78, 5) is 21.2. The van der Waals surface area contributed by atoms with Crippen molar-refractivity contribution in [1.29, 1.82) is 0 Å². The summed E-state index contributed by atoms with van der Waals surface area (Å²) < 4.78 is 5.32. The largest absolute Gasteiger partial charge is 0.497 e. The van der Waals surface area contributed by atoms with E-state index in [0.717, 1.165) is 37.9 Å². The fourth-order valence-corrected chi connectivity index (χ4v) is 3.10. The van der Waals surface area contributed by atoms with Crippen LogP contribution < -0.4 is 20.3 Å². The van der Waals surface area contributed by atoms with Gasteiger partial charge in [0, 0.05) is 58.1 Å². The number of nitrogens with one attached hydrogen (secondary N) is 2. The minimum atomic E-state index is -0.492. The summed E-state index contributed by atoms with van der Waals surface area (Å²) >= 11 is 0. The molecule has 27 heavy (non-hydrogen) atoms. The number of amides is 1. The van der Waals surface area contributed by atoms with E-state index in [-0.39, 0.29) is 5.91 Å². The smallest absolute Gasteiger partial charge is 0.227 e. The summed E-state index contributed by atoms with van der Waals surface area (Å²) in [7, 11) is 3.48. The second kappa shape index (κ2) is 9.48. The van der Waals surface area contributed by atoms with Gasteiger partial charge in [0.2, 0.25) is 5.91 Å². The summed E-state index contributed by atoms with van der Waals surface area (Å²) in [5, 5.41) is 6.26. The molecule has 1 heterocycles. The van der Waals surface area contributed by atoms with Crippen LogP contribution in [0.25, 0.3) is 0 Å². The van der Waals surface area contributed by atoms with Crippen LogP contribution in [0.5, 0.6) is 5.75 Å². The number of carbonyl (C=O) groups is 1. The Morgan fingerprint density at radius 2 is 1.93 bits per heavy atom. The Labute approximate surface area is 162 Å². The van der Waals surface area contributed by atoms with Crippen molar-refractivity contribution < 1.29 is 9.53 Å². The lowest BCUT2D eigenvalue weighted by molar-refractivity contribution is -0.128. The molecule has 0 unspecified atom stereocenters. The predicted molar refractivity (Wildman–Crippen MR) is 111 cm³/mol. The number of aliphatic imine (C=N–C) groups is 1. The average molecular weight is 376 g/mol. The molecular formula is C20H33N5O2. The lowest BCUT2D eigenvalue weighted by Crippen LogP contribution is -2.54. The van der Waals surface area contributed by atoms with Crippen molar-refractivity contribution in [2.24, 2.45) is 10.4 Å². The van der Waals surface area contributed by atoms with Crippen LogP contribution >= 0.6 is 0 Å². The molecule has 150 valence electrons. The molecule has 1 fully saturated rings. The molecule has 7 nitrogen and oxygen atoms in total. The van der Waals surface area contributed by atoms with Gasteiger partial charge in [0.15, 0.2) is 5.96 Å². The maximum absolute atomic E-state index is 12.2. The van der Waals surface area contributed by atoms with Gasteiger partial charge in [0.25, 0.3) is 0 Å². The topological polar surface area (TPSA) is 69.2 Å². The first-order chi connectivity index (χ1) is 12.9. The van der Waals surface area contributed by atoms with Gasteiger partial charge in [-0.3, -0.25) is 9.79 Å². The predicted octanol–water partition coefficient (Wildman–Crippen LogP) is 1.55. The molecule has 1 aromatic rings. The highest BCUT2D eigenvalue weighted by Gasteiger charge is 2.28. The highest BCUT2D eigenvalue weighted by atomic mass is 16.5. The number of methoxy groups -OCH3 is 1. The van der Waals surface area contributed by atoms with Crippen molar-refractivity contribution >= 4 is 17.6 Å². The number of nitrogens with zero attached hydrogens (tertiary/aromatic N) is 3. The molecule has 2 rings (SSSR count). The Bertz CT molecular complexity index is 652. The zero-order valence-corrected chi connectivity index (χ0v) is 17.2. The SMILES string of the molecule is CCNC(=O)C(C)(C)CNC(=NC)N1CCN(c2cccc(OC)c2)CC1.